The molecule has 0 bridgehead atoms. The average molecular weight is 455 g/mol. The van der Waals surface area contributed by atoms with Gasteiger partial charge in [0.05, 0.1) is 13.2 Å². The van der Waals surface area contributed by atoms with Gasteiger partial charge in [0.25, 0.3) is 11.8 Å². The molecule has 0 spiro atoms. The second-order valence-corrected chi connectivity index (χ2v) is 7.68. The van der Waals surface area contributed by atoms with Gasteiger partial charge in [-0.25, -0.2) is 0 Å². The van der Waals surface area contributed by atoms with Crippen molar-refractivity contribution >= 4 is 17.9 Å². The molecule has 0 radical (unpaired) electrons. The van der Waals surface area contributed by atoms with E-state index in [9.17, 15) is 14.9 Å². The Kier molecular flexibility index (Phi) is 10.6. The molecule has 0 atom stereocenters. The third kappa shape index (κ3) is 6.93. The first kappa shape index (κ1) is 26.1. The molecule has 0 unspecified atom stereocenters. The third-order valence-electron chi connectivity index (χ3n) is 5.28. The highest BCUT2D eigenvalue weighted by molar-refractivity contribution is 6.19. The molecular formula is C26H34N2O5. The van der Waals surface area contributed by atoms with Crippen LogP contribution in [-0.4, -0.2) is 49.7 Å². The van der Waals surface area contributed by atoms with E-state index in [1.807, 2.05) is 38.1 Å². The molecule has 0 saturated carbocycles. The third-order valence-corrected chi connectivity index (χ3v) is 5.28. The van der Waals surface area contributed by atoms with Crippen LogP contribution in [0.15, 0.2) is 34.9 Å². The summed E-state index contributed by atoms with van der Waals surface area (Å²) in [4.78, 5) is 27.0. The van der Waals surface area contributed by atoms with Gasteiger partial charge in [-0.05, 0) is 63.0 Å². The lowest BCUT2D eigenvalue weighted by molar-refractivity contribution is -0.140. The van der Waals surface area contributed by atoms with Crippen LogP contribution in [0.4, 0.5) is 0 Å². The summed E-state index contributed by atoms with van der Waals surface area (Å²) in [5.74, 6) is 0.284. The second-order valence-electron chi connectivity index (χ2n) is 7.68. The van der Waals surface area contributed by atoms with Crippen LogP contribution < -0.4 is 9.47 Å². The molecule has 7 nitrogen and oxygen atoms in total. The number of unbranched alkanes of at least 4 members (excludes halogenated alkanes) is 2. The van der Waals surface area contributed by atoms with E-state index in [-0.39, 0.29) is 12.1 Å². The fourth-order valence-electron chi connectivity index (χ4n) is 3.50. The SMILES string of the molecule is CCCCCOc1ccc(/C=C2/C(=O)N(CCCOCC)C(=O)C(C#N)=C2C)cc1OCC. The lowest BCUT2D eigenvalue weighted by atomic mass is 9.93. The number of ether oxygens (including phenoxy) is 3. The van der Waals surface area contributed by atoms with Gasteiger partial charge in [0, 0.05) is 25.3 Å². The minimum atomic E-state index is -0.556. The van der Waals surface area contributed by atoms with E-state index in [4.69, 9.17) is 14.2 Å². The van der Waals surface area contributed by atoms with Gasteiger partial charge in [0.1, 0.15) is 11.6 Å². The van der Waals surface area contributed by atoms with Crippen molar-refractivity contribution in [3.05, 3.63) is 40.5 Å². The molecule has 0 saturated heterocycles. The first-order valence-corrected chi connectivity index (χ1v) is 11.6. The molecule has 2 rings (SSSR count). The van der Waals surface area contributed by atoms with Gasteiger partial charge in [-0.2, -0.15) is 5.26 Å². The number of carbonyl (C=O) groups excluding carboxylic acids is 2. The van der Waals surface area contributed by atoms with Gasteiger partial charge in [-0.15, -0.1) is 0 Å². The maximum absolute atomic E-state index is 13.2. The number of hydrogen-bond donors (Lipinski definition) is 0. The monoisotopic (exact) mass is 454 g/mol. The molecule has 1 heterocycles. The lowest BCUT2D eigenvalue weighted by Crippen LogP contribution is -2.43. The van der Waals surface area contributed by atoms with Crippen molar-refractivity contribution < 1.29 is 23.8 Å². The predicted octanol–water partition coefficient (Wildman–Crippen LogP) is 4.67. The maximum atomic E-state index is 13.2. The highest BCUT2D eigenvalue weighted by Crippen LogP contribution is 2.32. The number of benzene rings is 1. The summed E-state index contributed by atoms with van der Waals surface area (Å²) in [5, 5.41) is 9.55. The summed E-state index contributed by atoms with van der Waals surface area (Å²) in [6, 6.07) is 7.44. The van der Waals surface area contributed by atoms with Crippen LogP contribution in [0.1, 0.15) is 58.9 Å². The zero-order valence-corrected chi connectivity index (χ0v) is 20.1. The average Bonchev–Trinajstić information content (AvgIpc) is 2.80. The number of imide groups is 1. The first-order chi connectivity index (χ1) is 16.0. The van der Waals surface area contributed by atoms with Crippen LogP contribution >= 0.6 is 0 Å². The highest BCUT2D eigenvalue weighted by atomic mass is 16.5. The Morgan fingerprint density at radius 3 is 2.42 bits per heavy atom. The number of carbonyl (C=O) groups is 2. The minimum absolute atomic E-state index is 0.0156. The van der Waals surface area contributed by atoms with Gasteiger partial charge in [-0.1, -0.05) is 25.8 Å². The Morgan fingerprint density at radius 2 is 1.76 bits per heavy atom. The molecule has 0 aliphatic carbocycles. The fraction of sp³-hybridized carbons (Fsp3) is 0.500. The van der Waals surface area contributed by atoms with E-state index < -0.39 is 11.8 Å². The van der Waals surface area contributed by atoms with Crippen LogP contribution in [0.2, 0.25) is 0 Å². The topological polar surface area (TPSA) is 88.9 Å². The molecule has 0 fully saturated rings. The van der Waals surface area contributed by atoms with E-state index in [0.717, 1.165) is 29.7 Å². The van der Waals surface area contributed by atoms with Crippen molar-refractivity contribution in [2.24, 2.45) is 0 Å². The van der Waals surface area contributed by atoms with Crippen LogP contribution in [0.5, 0.6) is 11.5 Å². The van der Waals surface area contributed by atoms with Crippen molar-refractivity contribution in [3.63, 3.8) is 0 Å². The normalized spacial score (nSPS) is 15.2. The fourth-order valence-corrected chi connectivity index (χ4v) is 3.50. The lowest BCUT2D eigenvalue weighted by Gasteiger charge is -2.27. The number of nitriles is 1. The smallest absolute Gasteiger partial charge is 0.271 e. The van der Waals surface area contributed by atoms with Crippen LogP contribution in [0, 0.1) is 11.3 Å². The molecule has 33 heavy (non-hydrogen) atoms. The number of rotatable bonds is 13. The van der Waals surface area contributed by atoms with Crippen molar-refractivity contribution in [2.75, 3.05) is 33.0 Å². The Morgan fingerprint density at radius 1 is 0.970 bits per heavy atom. The van der Waals surface area contributed by atoms with Crippen molar-refractivity contribution in [3.8, 4) is 17.6 Å². The van der Waals surface area contributed by atoms with E-state index in [2.05, 4.69) is 6.92 Å². The van der Waals surface area contributed by atoms with Crippen LogP contribution in [-0.2, 0) is 14.3 Å². The quantitative estimate of drug-likeness (QED) is 0.244. The molecule has 1 aromatic carbocycles. The summed E-state index contributed by atoms with van der Waals surface area (Å²) < 4.78 is 16.9. The molecule has 1 aliphatic rings. The van der Waals surface area contributed by atoms with Gasteiger partial charge in [-0.3, -0.25) is 14.5 Å². The van der Waals surface area contributed by atoms with Crippen molar-refractivity contribution in [2.45, 2.75) is 53.4 Å². The van der Waals surface area contributed by atoms with Gasteiger partial charge in [0.2, 0.25) is 0 Å². The summed E-state index contributed by atoms with van der Waals surface area (Å²) in [5.41, 5.74) is 1.41. The van der Waals surface area contributed by atoms with E-state index >= 15 is 0 Å². The minimum Gasteiger partial charge on any atom is -0.490 e. The summed E-state index contributed by atoms with van der Waals surface area (Å²) in [6.07, 6.45) is 5.39. The van der Waals surface area contributed by atoms with Crippen molar-refractivity contribution in [1.29, 1.82) is 5.26 Å². The van der Waals surface area contributed by atoms with E-state index in [0.29, 0.717) is 55.5 Å². The van der Waals surface area contributed by atoms with Gasteiger partial charge < -0.3 is 14.2 Å². The van der Waals surface area contributed by atoms with Crippen LogP contribution in [0.3, 0.4) is 0 Å². The molecule has 0 aromatic heterocycles. The van der Waals surface area contributed by atoms with Gasteiger partial charge in [0.15, 0.2) is 11.5 Å². The summed E-state index contributed by atoms with van der Waals surface area (Å²) in [6.45, 7) is 9.84. The van der Waals surface area contributed by atoms with Crippen molar-refractivity contribution in [1.82, 2.24) is 4.90 Å². The van der Waals surface area contributed by atoms with E-state index in [1.165, 1.54) is 0 Å². The molecule has 178 valence electrons. The number of hydrogen-bond acceptors (Lipinski definition) is 6. The second kappa shape index (κ2) is 13.4. The Balaban J connectivity index is 2.34. The zero-order valence-electron chi connectivity index (χ0n) is 20.1. The Hall–Kier alpha value is -3.11. The van der Waals surface area contributed by atoms with E-state index in [1.54, 1.807) is 13.0 Å². The number of nitrogens with zero attached hydrogens (tertiary/aromatic N) is 2. The molecule has 2 amide bonds. The number of amides is 2. The Labute approximate surface area is 196 Å². The summed E-state index contributed by atoms with van der Waals surface area (Å²) in [7, 11) is 0. The Bertz CT molecular complexity index is 942. The maximum Gasteiger partial charge on any atom is 0.271 e. The predicted molar refractivity (Wildman–Crippen MR) is 127 cm³/mol. The molecular weight excluding hydrogens is 420 g/mol. The molecule has 1 aromatic rings. The summed E-state index contributed by atoms with van der Waals surface area (Å²) >= 11 is 0. The standard InChI is InChI=1S/C26H34N2O5/c1-5-8-9-15-33-23-12-11-20(17-24(23)32-7-3)16-21-19(4)22(18-27)26(30)28(25(21)29)13-10-14-31-6-2/h11-12,16-17H,5-10,13-15H2,1-4H3/b21-16+. The molecule has 1 aliphatic heterocycles. The van der Waals surface area contributed by atoms with Crippen LogP contribution in [0.25, 0.3) is 6.08 Å². The molecule has 7 heteroatoms. The molecule has 0 N–H and O–H groups in total. The largest absolute Gasteiger partial charge is 0.490 e. The first-order valence-electron chi connectivity index (χ1n) is 11.6. The zero-order chi connectivity index (χ0) is 24.2. The highest BCUT2D eigenvalue weighted by Gasteiger charge is 2.35. The van der Waals surface area contributed by atoms with Gasteiger partial charge >= 0.3 is 0 Å².